The summed E-state index contributed by atoms with van der Waals surface area (Å²) in [6.07, 6.45) is 0.761. The Kier molecular flexibility index (Phi) is 4.49. The normalized spacial score (nSPS) is 18.3. The zero-order valence-corrected chi connectivity index (χ0v) is 14.6. The number of nitrogens with one attached hydrogen (secondary N) is 1. The molecule has 0 saturated carbocycles. The number of carbonyl (C=O) groups excluding carboxylic acids is 1. The van der Waals surface area contributed by atoms with Crippen LogP contribution in [0.25, 0.3) is 10.9 Å². The number of hydrogen-bond acceptors (Lipinski definition) is 2. The van der Waals surface area contributed by atoms with Gasteiger partial charge in [-0.15, -0.1) is 0 Å². The first-order valence-electron chi connectivity index (χ1n) is 8.45. The average Bonchev–Trinajstić information content (AvgIpc) is 2.92. The van der Waals surface area contributed by atoms with Gasteiger partial charge in [0.15, 0.2) is 0 Å². The summed E-state index contributed by atoms with van der Waals surface area (Å²) in [6, 6.07) is 16.7. The van der Waals surface area contributed by atoms with Gasteiger partial charge in [-0.3, -0.25) is 4.79 Å². The molecule has 0 radical (unpaired) electrons. The number of carbonyl (C=O) groups is 1. The molecule has 1 amide bonds. The number of para-hydroxylation sites is 1. The van der Waals surface area contributed by atoms with Crippen molar-refractivity contribution in [2.45, 2.75) is 11.7 Å². The maximum atomic E-state index is 14.0. The van der Waals surface area contributed by atoms with E-state index >= 15 is 0 Å². The van der Waals surface area contributed by atoms with Crippen molar-refractivity contribution in [1.29, 1.82) is 0 Å². The van der Waals surface area contributed by atoms with E-state index in [4.69, 9.17) is 0 Å². The number of hydrogen-bond donors (Lipinski definition) is 1. The number of fused-ring (bicyclic) bond motifs is 1. The van der Waals surface area contributed by atoms with Crippen LogP contribution in [0.1, 0.15) is 27.7 Å². The van der Waals surface area contributed by atoms with Gasteiger partial charge >= 0.3 is 0 Å². The number of rotatable bonds is 2. The van der Waals surface area contributed by atoms with Crippen LogP contribution in [0.3, 0.4) is 0 Å². The lowest BCUT2D eigenvalue weighted by Gasteiger charge is -2.19. The van der Waals surface area contributed by atoms with Crippen LogP contribution in [-0.2, 0) is 0 Å². The summed E-state index contributed by atoms with van der Waals surface area (Å²) < 4.78 is 14.0. The number of amides is 1. The van der Waals surface area contributed by atoms with E-state index in [0.717, 1.165) is 28.6 Å². The molecule has 3 nitrogen and oxygen atoms in total. The van der Waals surface area contributed by atoms with Crippen molar-refractivity contribution in [2.75, 3.05) is 18.8 Å². The number of thioether (sulfide) groups is 1. The molecule has 1 fully saturated rings. The van der Waals surface area contributed by atoms with E-state index in [0.29, 0.717) is 18.8 Å². The Morgan fingerprint density at radius 1 is 1.12 bits per heavy atom. The number of halogens is 1. The molecule has 128 valence electrons. The molecule has 0 spiro atoms. The molecule has 5 heteroatoms. The highest BCUT2D eigenvalue weighted by Crippen LogP contribution is 2.35. The second-order valence-corrected chi connectivity index (χ2v) is 7.54. The molecule has 2 aromatic carbocycles. The van der Waals surface area contributed by atoms with Gasteiger partial charge in [0.1, 0.15) is 11.5 Å². The van der Waals surface area contributed by atoms with Gasteiger partial charge < -0.3 is 9.88 Å². The zero-order chi connectivity index (χ0) is 17.2. The van der Waals surface area contributed by atoms with Crippen molar-refractivity contribution in [1.82, 2.24) is 9.88 Å². The molecule has 4 rings (SSSR count). The van der Waals surface area contributed by atoms with Crippen LogP contribution in [0.4, 0.5) is 4.39 Å². The van der Waals surface area contributed by atoms with Crippen LogP contribution in [0, 0.1) is 5.82 Å². The lowest BCUT2D eigenvalue weighted by atomic mass is 10.1. The third-order valence-electron chi connectivity index (χ3n) is 4.64. The standard InChI is InChI=1S/C20H19FN2OS/c21-16-7-3-2-6-15(16)19-9-10-23(11-12-25-19)20(24)18-13-14-5-1-4-8-17(14)22-18/h1-8,13,19,22H,9-12H2. The first kappa shape index (κ1) is 16.2. The lowest BCUT2D eigenvalue weighted by molar-refractivity contribution is 0.0761. The molecule has 1 unspecified atom stereocenters. The fourth-order valence-corrected chi connectivity index (χ4v) is 4.57. The minimum atomic E-state index is -0.157. The van der Waals surface area contributed by atoms with E-state index in [-0.39, 0.29) is 17.0 Å². The first-order valence-corrected chi connectivity index (χ1v) is 9.50. The summed E-state index contributed by atoms with van der Waals surface area (Å²) in [5, 5.41) is 1.14. The molecule has 2 heterocycles. The molecule has 1 atom stereocenters. The van der Waals surface area contributed by atoms with Gasteiger partial charge in [-0.05, 0) is 24.6 Å². The molecule has 0 aliphatic carbocycles. The maximum absolute atomic E-state index is 14.0. The Balaban J connectivity index is 1.50. The molecular formula is C20H19FN2OS. The fourth-order valence-electron chi connectivity index (χ4n) is 3.32. The fraction of sp³-hybridized carbons (Fsp3) is 0.250. The largest absolute Gasteiger partial charge is 0.351 e. The molecule has 3 aromatic rings. The van der Waals surface area contributed by atoms with Crippen LogP contribution in [-0.4, -0.2) is 34.6 Å². The Morgan fingerprint density at radius 3 is 2.76 bits per heavy atom. The quantitative estimate of drug-likeness (QED) is 0.728. The van der Waals surface area contributed by atoms with Gasteiger partial charge in [-0.25, -0.2) is 4.39 Å². The third-order valence-corrected chi connectivity index (χ3v) is 5.95. The molecule has 1 saturated heterocycles. The van der Waals surface area contributed by atoms with Gasteiger partial charge in [0.2, 0.25) is 0 Å². The van der Waals surface area contributed by atoms with Crippen LogP contribution in [0.15, 0.2) is 54.6 Å². The van der Waals surface area contributed by atoms with Crippen LogP contribution in [0.2, 0.25) is 0 Å². The maximum Gasteiger partial charge on any atom is 0.270 e. The summed E-state index contributed by atoms with van der Waals surface area (Å²) in [6.45, 7) is 1.32. The number of aromatic nitrogens is 1. The third kappa shape index (κ3) is 3.29. The van der Waals surface area contributed by atoms with E-state index in [1.54, 1.807) is 17.8 Å². The Morgan fingerprint density at radius 2 is 1.92 bits per heavy atom. The number of H-pyrrole nitrogens is 1. The summed E-state index contributed by atoms with van der Waals surface area (Å²) in [7, 11) is 0. The molecule has 1 aliphatic rings. The Bertz CT molecular complexity index is 874. The van der Waals surface area contributed by atoms with Crippen LogP contribution in [0.5, 0.6) is 0 Å². The average molecular weight is 354 g/mol. The van der Waals surface area contributed by atoms with Gasteiger partial charge in [-0.1, -0.05) is 36.4 Å². The minimum absolute atomic E-state index is 0.0194. The molecule has 1 N–H and O–H groups in total. The second kappa shape index (κ2) is 6.92. The number of aromatic amines is 1. The first-order chi connectivity index (χ1) is 12.2. The highest BCUT2D eigenvalue weighted by molar-refractivity contribution is 7.99. The summed E-state index contributed by atoms with van der Waals surface area (Å²) in [5.41, 5.74) is 2.34. The van der Waals surface area contributed by atoms with E-state index in [1.165, 1.54) is 6.07 Å². The van der Waals surface area contributed by atoms with Crippen molar-refractivity contribution in [3.63, 3.8) is 0 Å². The number of benzene rings is 2. The summed E-state index contributed by atoms with van der Waals surface area (Å²) in [4.78, 5) is 17.9. The lowest BCUT2D eigenvalue weighted by Crippen LogP contribution is -2.33. The molecular weight excluding hydrogens is 335 g/mol. The van der Waals surface area contributed by atoms with Crippen LogP contribution >= 0.6 is 11.8 Å². The van der Waals surface area contributed by atoms with Crippen molar-refractivity contribution in [3.8, 4) is 0 Å². The SMILES string of the molecule is O=C(c1cc2ccccc2[nH]1)N1CCSC(c2ccccc2F)CC1. The van der Waals surface area contributed by atoms with Crippen molar-refractivity contribution < 1.29 is 9.18 Å². The Hall–Kier alpha value is -2.27. The highest BCUT2D eigenvalue weighted by atomic mass is 32.2. The second-order valence-electron chi connectivity index (χ2n) is 6.23. The molecule has 1 aliphatic heterocycles. The highest BCUT2D eigenvalue weighted by Gasteiger charge is 2.25. The van der Waals surface area contributed by atoms with Gasteiger partial charge in [0, 0.05) is 40.6 Å². The number of nitrogens with zero attached hydrogens (tertiary/aromatic N) is 1. The monoisotopic (exact) mass is 354 g/mol. The molecule has 0 bridgehead atoms. The van der Waals surface area contributed by atoms with E-state index in [2.05, 4.69) is 4.98 Å². The predicted octanol–water partition coefficient (Wildman–Crippen LogP) is 4.63. The van der Waals surface area contributed by atoms with E-state index < -0.39 is 0 Å². The van der Waals surface area contributed by atoms with Crippen molar-refractivity contribution in [3.05, 3.63) is 71.7 Å². The molecule has 25 heavy (non-hydrogen) atoms. The zero-order valence-electron chi connectivity index (χ0n) is 13.7. The van der Waals surface area contributed by atoms with Crippen LogP contribution < -0.4 is 0 Å². The van der Waals surface area contributed by atoms with Gasteiger partial charge in [0.25, 0.3) is 5.91 Å². The van der Waals surface area contributed by atoms with Gasteiger partial charge in [-0.2, -0.15) is 11.8 Å². The molecule has 1 aromatic heterocycles. The van der Waals surface area contributed by atoms with Gasteiger partial charge in [0.05, 0.1) is 0 Å². The van der Waals surface area contributed by atoms with Crippen molar-refractivity contribution in [2.24, 2.45) is 0 Å². The summed E-state index contributed by atoms with van der Waals surface area (Å²) in [5.74, 6) is 0.673. The summed E-state index contributed by atoms with van der Waals surface area (Å²) >= 11 is 1.73. The van der Waals surface area contributed by atoms with E-state index in [9.17, 15) is 9.18 Å². The minimum Gasteiger partial charge on any atom is -0.351 e. The smallest absolute Gasteiger partial charge is 0.270 e. The van der Waals surface area contributed by atoms with Crippen molar-refractivity contribution >= 4 is 28.6 Å². The van der Waals surface area contributed by atoms with E-state index in [1.807, 2.05) is 47.4 Å². The topological polar surface area (TPSA) is 36.1 Å². The predicted molar refractivity (Wildman–Crippen MR) is 100 cm³/mol. The Labute approximate surface area is 150 Å².